The molecule has 0 saturated carbocycles. The molecule has 2 fully saturated rings. The maximum atomic E-state index is 13.0. The normalized spacial score (nSPS) is 26.0. The second-order valence-electron chi connectivity index (χ2n) is 20.8. The first kappa shape index (κ1) is 64.8. The van der Waals surface area contributed by atoms with E-state index in [-0.39, 0.29) is 18.9 Å². The highest BCUT2D eigenvalue weighted by Gasteiger charge is 2.51. The number of hydrogen-bond acceptors (Lipinski definition) is 13. The first-order chi connectivity index (χ1) is 34.1. The minimum Gasteiger partial charge on any atom is -0.394 e. The first-order valence-electron chi connectivity index (χ1n) is 28.9. The summed E-state index contributed by atoms with van der Waals surface area (Å²) in [6, 6.07) is -0.905. The minimum absolute atomic E-state index is 0.247. The molecule has 0 aliphatic carbocycles. The van der Waals surface area contributed by atoms with Gasteiger partial charge in [-0.05, 0) is 12.8 Å². The monoisotopic (exact) mass is 1000 g/mol. The van der Waals surface area contributed by atoms with Crippen LogP contribution in [0.3, 0.4) is 0 Å². The molecule has 70 heavy (non-hydrogen) atoms. The Morgan fingerprint density at radius 2 is 0.886 bits per heavy atom. The number of nitrogens with one attached hydrogen (secondary N) is 1. The van der Waals surface area contributed by atoms with Crippen LogP contribution in [0.25, 0.3) is 0 Å². The van der Waals surface area contributed by atoms with Crippen molar-refractivity contribution in [1.82, 2.24) is 5.32 Å². The highest BCUT2D eigenvalue weighted by atomic mass is 16.7. The smallest absolute Gasteiger partial charge is 0.220 e. The van der Waals surface area contributed by atoms with Crippen LogP contribution in [0, 0.1) is 0 Å². The van der Waals surface area contributed by atoms with Gasteiger partial charge in [0, 0.05) is 6.42 Å². The molecule has 414 valence electrons. The van der Waals surface area contributed by atoms with Crippen LogP contribution in [0.1, 0.15) is 245 Å². The summed E-state index contributed by atoms with van der Waals surface area (Å²) in [6.07, 6.45) is 32.8. The molecule has 2 aliphatic heterocycles. The molecular formula is C56H107NO13. The zero-order valence-electron chi connectivity index (χ0n) is 44.3. The summed E-state index contributed by atoms with van der Waals surface area (Å²) in [5, 5.41) is 85.9. The average molecular weight is 1000 g/mol. The number of aliphatic hydroxyl groups is 8. The summed E-state index contributed by atoms with van der Waals surface area (Å²) < 4.78 is 22.5. The molecule has 0 spiro atoms. The zero-order valence-corrected chi connectivity index (χ0v) is 44.3. The van der Waals surface area contributed by atoms with Gasteiger partial charge in [0.05, 0.1) is 32.0 Å². The Balaban J connectivity index is 1.48. The Morgan fingerprint density at radius 3 is 1.29 bits per heavy atom. The fourth-order valence-corrected chi connectivity index (χ4v) is 9.77. The maximum Gasteiger partial charge on any atom is 0.220 e. The van der Waals surface area contributed by atoms with Crippen molar-refractivity contribution in [1.29, 1.82) is 0 Å². The van der Waals surface area contributed by atoms with Crippen LogP contribution in [0.4, 0.5) is 0 Å². The fraction of sp³-hybridized carbons (Fsp3) is 0.946. The molecule has 0 aromatic rings. The van der Waals surface area contributed by atoms with E-state index < -0.39 is 86.8 Å². The van der Waals surface area contributed by atoms with E-state index in [1.54, 1.807) is 6.08 Å². The number of allylic oxidation sites excluding steroid dienone is 1. The second kappa shape index (κ2) is 43.0. The van der Waals surface area contributed by atoms with Crippen molar-refractivity contribution in [3.05, 3.63) is 12.2 Å². The number of unbranched alkanes of at least 4 members (excludes halogenated alkanes) is 33. The van der Waals surface area contributed by atoms with Crippen LogP contribution >= 0.6 is 0 Å². The Morgan fingerprint density at radius 1 is 0.500 bits per heavy atom. The SMILES string of the molecule is CCC/C=C/C(O)C(COC1OC(CO)C(OC2OC(CO)C(O)C(O)C2O)C(O)C1O)NC(=O)CCCCCCCCCCCCCCCCCCCCCCCCCCCCCCCCCCC. The first-order valence-corrected chi connectivity index (χ1v) is 28.9. The molecule has 0 aromatic carbocycles. The van der Waals surface area contributed by atoms with Gasteiger partial charge in [0.1, 0.15) is 48.8 Å². The van der Waals surface area contributed by atoms with Crippen molar-refractivity contribution < 1.29 is 64.6 Å². The summed E-state index contributed by atoms with van der Waals surface area (Å²) in [7, 11) is 0. The zero-order chi connectivity index (χ0) is 51.0. The summed E-state index contributed by atoms with van der Waals surface area (Å²) >= 11 is 0. The van der Waals surface area contributed by atoms with E-state index in [0.29, 0.717) is 6.42 Å². The lowest BCUT2D eigenvalue weighted by Crippen LogP contribution is -2.65. The van der Waals surface area contributed by atoms with Crippen LogP contribution in [0.2, 0.25) is 0 Å². The predicted molar refractivity (Wildman–Crippen MR) is 277 cm³/mol. The van der Waals surface area contributed by atoms with E-state index in [1.165, 1.54) is 186 Å². The van der Waals surface area contributed by atoms with E-state index >= 15 is 0 Å². The van der Waals surface area contributed by atoms with E-state index in [2.05, 4.69) is 12.2 Å². The lowest BCUT2D eigenvalue weighted by atomic mass is 9.97. The molecule has 9 N–H and O–H groups in total. The van der Waals surface area contributed by atoms with Gasteiger partial charge in [-0.3, -0.25) is 4.79 Å². The predicted octanol–water partition coefficient (Wildman–Crippen LogP) is 9.11. The standard InChI is InChI=1S/C56H107NO13/c1-3-5-7-8-9-10-11-12-13-14-15-16-17-18-19-20-21-22-23-24-25-26-27-28-29-30-31-32-33-34-35-36-38-40-48(61)57-44(45(60)39-37-6-4-2)43-67-55-53(66)51(64)54(47(42-59)69-55)70-56-52(65)50(63)49(62)46(41-58)68-56/h37,39,44-47,49-56,58-60,62-66H,3-36,38,40-43H2,1-2H3,(H,57,61)/b39-37+. The minimum atomic E-state index is -1.78. The van der Waals surface area contributed by atoms with Crippen molar-refractivity contribution in [3.63, 3.8) is 0 Å². The molecule has 0 radical (unpaired) electrons. The van der Waals surface area contributed by atoms with Crippen molar-refractivity contribution in [2.75, 3.05) is 19.8 Å². The molecule has 0 aromatic heterocycles. The number of aliphatic hydroxyl groups excluding tert-OH is 8. The highest BCUT2D eigenvalue weighted by Crippen LogP contribution is 2.30. The summed E-state index contributed by atoms with van der Waals surface area (Å²) in [4.78, 5) is 13.0. The van der Waals surface area contributed by atoms with Gasteiger partial charge >= 0.3 is 0 Å². The maximum absolute atomic E-state index is 13.0. The molecule has 2 heterocycles. The van der Waals surface area contributed by atoms with Gasteiger partial charge in [-0.2, -0.15) is 0 Å². The Bertz CT molecular complexity index is 1230. The van der Waals surface area contributed by atoms with Gasteiger partial charge in [0.2, 0.25) is 5.91 Å². The van der Waals surface area contributed by atoms with Gasteiger partial charge < -0.3 is 65.1 Å². The van der Waals surface area contributed by atoms with Crippen LogP contribution in [0.15, 0.2) is 12.2 Å². The van der Waals surface area contributed by atoms with E-state index in [9.17, 15) is 45.6 Å². The quantitative estimate of drug-likeness (QED) is 0.0205. The van der Waals surface area contributed by atoms with Crippen LogP contribution in [0.5, 0.6) is 0 Å². The third-order valence-electron chi connectivity index (χ3n) is 14.5. The highest BCUT2D eigenvalue weighted by molar-refractivity contribution is 5.76. The number of ether oxygens (including phenoxy) is 4. The van der Waals surface area contributed by atoms with E-state index in [0.717, 1.165) is 32.1 Å². The van der Waals surface area contributed by atoms with Crippen LogP contribution in [-0.4, -0.2) is 140 Å². The molecule has 0 bridgehead atoms. The number of hydrogen-bond donors (Lipinski definition) is 9. The molecule has 1 amide bonds. The fourth-order valence-electron chi connectivity index (χ4n) is 9.77. The molecule has 14 heteroatoms. The third-order valence-corrected chi connectivity index (χ3v) is 14.5. The Labute approximate surface area is 425 Å². The number of rotatable bonds is 46. The Kier molecular flexibility index (Phi) is 39.9. The van der Waals surface area contributed by atoms with Gasteiger partial charge in [0.25, 0.3) is 0 Å². The number of amides is 1. The number of carbonyl (C=O) groups is 1. The summed E-state index contributed by atoms with van der Waals surface area (Å²) in [5.74, 6) is -0.247. The molecule has 2 rings (SSSR count). The van der Waals surface area contributed by atoms with Crippen molar-refractivity contribution in [3.8, 4) is 0 Å². The van der Waals surface area contributed by atoms with E-state index in [1.807, 2.05) is 13.0 Å². The molecule has 12 unspecified atom stereocenters. The largest absolute Gasteiger partial charge is 0.394 e. The average Bonchev–Trinajstić information content (AvgIpc) is 3.36. The molecule has 2 aliphatic rings. The second-order valence-corrected chi connectivity index (χ2v) is 20.8. The summed E-state index contributed by atoms with van der Waals surface area (Å²) in [5.41, 5.74) is 0. The molecular weight excluding hydrogens is 895 g/mol. The lowest BCUT2D eigenvalue weighted by molar-refractivity contribution is -0.359. The van der Waals surface area contributed by atoms with Crippen LogP contribution in [-0.2, 0) is 23.7 Å². The number of carbonyl (C=O) groups excluding carboxylic acids is 1. The van der Waals surface area contributed by atoms with Gasteiger partial charge in [-0.25, -0.2) is 0 Å². The molecule has 14 nitrogen and oxygen atoms in total. The Hall–Kier alpha value is -1.27. The molecule has 12 atom stereocenters. The van der Waals surface area contributed by atoms with Crippen molar-refractivity contribution in [2.45, 2.75) is 319 Å². The van der Waals surface area contributed by atoms with Gasteiger partial charge in [-0.1, -0.05) is 238 Å². The molecule has 2 saturated heterocycles. The van der Waals surface area contributed by atoms with Crippen molar-refractivity contribution in [2.24, 2.45) is 0 Å². The van der Waals surface area contributed by atoms with Gasteiger partial charge in [-0.15, -0.1) is 0 Å². The third kappa shape index (κ3) is 29.0. The lowest BCUT2D eigenvalue weighted by Gasteiger charge is -2.46. The summed E-state index contributed by atoms with van der Waals surface area (Å²) in [6.45, 7) is 2.58. The van der Waals surface area contributed by atoms with Crippen LogP contribution < -0.4 is 5.32 Å². The van der Waals surface area contributed by atoms with E-state index in [4.69, 9.17) is 18.9 Å². The van der Waals surface area contributed by atoms with Gasteiger partial charge in [0.15, 0.2) is 12.6 Å². The van der Waals surface area contributed by atoms with Crippen molar-refractivity contribution >= 4 is 5.91 Å². The topological polar surface area (TPSA) is 228 Å².